The molecule has 0 aliphatic carbocycles. The number of amides is 2. The Balaban J connectivity index is 1.49. The monoisotopic (exact) mass is 430 g/mol. The Bertz CT molecular complexity index is 978. The summed E-state index contributed by atoms with van der Waals surface area (Å²) in [6, 6.07) is 11.7. The summed E-state index contributed by atoms with van der Waals surface area (Å²) in [5, 5.41) is 22.8. The van der Waals surface area contributed by atoms with Crippen molar-refractivity contribution in [1.82, 2.24) is 4.90 Å². The Kier molecular flexibility index (Phi) is 5.47. The number of piperidine rings is 1. The third kappa shape index (κ3) is 3.89. The van der Waals surface area contributed by atoms with E-state index in [-0.39, 0.29) is 18.4 Å². The van der Waals surface area contributed by atoms with Crippen molar-refractivity contribution in [2.75, 3.05) is 11.9 Å². The van der Waals surface area contributed by atoms with Gasteiger partial charge in [-0.15, -0.1) is 0 Å². The Morgan fingerprint density at radius 3 is 2.80 bits per heavy atom. The molecule has 2 aliphatic heterocycles. The fourth-order valence-corrected chi connectivity index (χ4v) is 4.90. The number of halogens is 1. The van der Waals surface area contributed by atoms with Gasteiger partial charge in [0.05, 0.1) is 11.2 Å². The van der Waals surface area contributed by atoms with Crippen LogP contribution < -0.4 is 5.32 Å². The number of carbonyl (C=O) groups is 2. The van der Waals surface area contributed by atoms with Crippen LogP contribution in [-0.2, 0) is 4.74 Å². The molecule has 0 saturated carbocycles. The van der Waals surface area contributed by atoms with Gasteiger partial charge in [0.2, 0.25) is 0 Å². The molecule has 2 bridgehead atoms. The summed E-state index contributed by atoms with van der Waals surface area (Å²) in [6.07, 6.45) is 2.35. The first kappa shape index (κ1) is 20.3. The van der Waals surface area contributed by atoms with E-state index >= 15 is 0 Å². The lowest BCUT2D eigenvalue weighted by Gasteiger charge is -2.42. The molecule has 158 valence electrons. The molecule has 2 aromatic rings. The molecule has 2 aromatic carbocycles. The van der Waals surface area contributed by atoms with Gasteiger partial charge in [-0.05, 0) is 68.0 Å². The van der Waals surface area contributed by atoms with Gasteiger partial charge in [0.15, 0.2) is 0 Å². The number of hydrogen-bond acceptors (Lipinski definition) is 4. The highest BCUT2D eigenvalue weighted by molar-refractivity contribution is 6.30. The molecule has 3 N–H and O–H groups in total. The molecule has 2 amide bonds. The van der Waals surface area contributed by atoms with Gasteiger partial charge in [-0.2, -0.15) is 0 Å². The minimum Gasteiger partial charge on any atom is -0.508 e. The predicted octanol–water partition coefficient (Wildman–Crippen LogP) is 5.33. The minimum absolute atomic E-state index is 0.00874. The van der Waals surface area contributed by atoms with Crippen molar-refractivity contribution in [2.45, 2.75) is 43.7 Å². The molecule has 2 fully saturated rings. The van der Waals surface area contributed by atoms with Crippen LogP contribution in [0.3, 0.4) is 0 Å². The van der Waals surface area contributed by atoms with Crippen LogP contribution in [0.5, 0.6) is 5.75 Å². The third-order valence-electron chi connectivity index (χ3n) is 6.05. The number of fused-ring (bicyclic) bond motifs is 2. The minimum atomic E-state index is -0.956. The van der Waals surface area contributed by atoms with Crippen LogP contribution in [0.4, 0.5) is 15.3 Å². The van der Waals surface area contributed by atoms with Gasteiger partial charge >= 0.3 is 12.2 Å². The summed E-state index contributed by atoms with van der Waals surface area (Å²) in [5.41, 5.74) is 1.14. The van der Waals surface area contributed by atoms with Crippen LogP contribution in [0.1, 0.15) is 32.1 Å². The Morgan fingerprint density at radius 1 is 1.20 bits per heavy atom. The predicted molar refractivity (Wildman–Crippen MR) is 113 cm³/mol. The second-order valence-corrected chi connectivity index (χ2v) is 8.34. The molecule has 0 aromatic heterocycles. The number of nitrogens with one attached hydrogen (secondary N) is 1. The Hall–Kier alpha value is -2.93. The number of phenols is 1. The van der Waals surface area contributed by atoms with Crippen molar-refractivity contribution in [3.8, 4) is 16.9 Å². The second kappa shape index (κ2) is 8.07. The fourth-order valence-electron chi connectivity index (χ4n) is 4.71. The van der Waals surface area contributed by atoms with Gasteiger partial charge in [-0.1, -0.05) is 23.7 Å². The van der Waals surface area contributed by atoms with Gasteiger partial charge in [0.1, 0.15) is 12.4 Å². The summed E-state index contributed by atoms with van der Waals surface area (Å²) in [4.78, 5) is 25.8. The van der Waals surface area contributed by atoms with E-state index in [0.717, 1.165) is 24.8 Å². The van der Waals surface area contributed by atoms with E-state index in [1.54, 1.807) is 24.3 Å². The number of rotatable bonds is 4. The van der Waals surface area contributed by atoms with E-state index in [4.69, 9.17) is 16.3 Å². The molecular formula is C22H23ClN2O5. The number of hydrogen-bond donors (Lipinski definition) is 3. The van der Waals surface area contributed by atoms with Crippen LogP contribution in [0.15, 0.2) is 42.5 Å². The number of phenolic OH excluding ortho intramolecular Hbond substituents is 1. The first-order chi connectivity index (χ1) is 14.4. The summed E-state index contributed by atoms with van der Waals surface area (Å²) in [7, 11) is 0. The lowest BCUT2D eigenvalue weighted by Crippen LogP contribution is -2.55. The number of aromatic hydroxyl groups is 1. The molecule has 30 heavy (non-hydrogen) atoms. The highest BCUT2D eigenvalue weighted by Crippen LogP contribution is 2.44. The standard InChI is InChI=1S/C22H23ClN2O5/c23-15-4-1-3-14(11-15)18-12-17(26)6-7-19(18)24-20(27)30-13-22-9-2-5-16(8-10-22)25(22)21(28)29/h1,3-4,6-7,11-12,16,26H,2,5,8-10,13H2,(H,24,27)(H,28,29). The van der Waals surface area contributed by atoms with E-state index in [0.29, 0.717) is 29.1 Å². The zero-order valence-corrected chi connectivity index (χ0v) is 17.1. The molecule has 2 unspecified atom stereocenters. The lowest BCUT2D eigenvalue weighted by molar-refractivity contribution is 0.0110. The average molecular weight is 431 g/mol. The van der Waals surface area contributed by atoms with E-state index in [1.165, 1.54) is 17.0 Å². The molecule has 8 heteroatoms. The van der Waals surface area contributed by atoms with E-state index in [9.17, 15) is 19.8 Å². The van der Waals surface area contributed by atoms with Crippen molar-refractivity contribution in [3.05, 3.63) is 47.5 Å². The molecular weight excluding hydrogens is 408 g/mol. The molecule has 4 rings (SSSR count). The van der Waals surface area contributed by atoms with Crippen LogP contribution in [0.25, 0.3) is 11.1 Å². The van der Waals surface area contributed by atoms with Gasteiger partial charge in [0, 0.05) is 16.6 Å². The van der Waals surface area contributed by atoms with Crippen molar-refractivity contribution >= 4 is 29.5 Å². The summed E-state index contributed by atoms with van der Waals surface area (Å²) < 4.78 is 5.49. The SMILES string of the molecule is O=C(Nc1ccc(O)cc1-c1cccc(Cl)c1)OCC12CCCC(CC1)N2C(=O)O. The van der Waals surface area contributed by atoms with Crippen LogP contribution >= 0.6 is 11.6 Å². The van der Waals surface area contributed by atoms with Crippen molar-refractivity contribution in [1.29, 1.82) is 0 Å². The molecule has 2 heterocycles. The first-order valence-corrected chi connectivity index (χ1v) is 10.3. The molecule has 7 nitrogen and oxygen atoms in total. The van der Waals surface area contributed by atoms with Crippen LogP contribution in [0.2, 0.25) is 5.02 Å². The zero-order chi connectivity index (χ0) is 21.3. The number of nitrogens with zero attached hydrogens (tertiary/aromatic N) is 1. The maximum Gasteiger partial charge on any atom is 0.411 e. The molecule has 2 atom stereocenters. The van der Waals surface area contributed by atoms with E-state index in [1.807, 2.05) is 6.07 Å². The van der Waals surface area contributed by atoms with E-state index < -0.39 is 17.7 Å². The van der Waals surface area contributed by atoms with Crippen LogP contribution in [-0.4, -0.2) is 45.5 Å². The Labute approximate surface area is 179 Å². The largest absolute Gasteiger partial charge is 0.508 e. The normalized spacial score (nSPS) is 22.6. The highest BCUT2D eigenvalue weighted by atomic mass is 35.5. The number of carbonyl (C=O) groups excluding carboxylic acids is 1. The maximum absolute atomic E-state index is 12.6. The van der Waals surface area contributed by atoms with E-state index in [2.05, 4.69) is 5.32 Å². The number of carboxylic acid groups (broad SMARTS) is 1. The summed E-state index contributed by atoms with van der Waals surface area (Å²) >= 11 is 6.08. The van der Waals surface area contributed by atoms with Gasteiger partial charge < -0.3 is 14.9 Å². The first-order valence-electron chi connectivity index (χ1n) is 9.93. The zero-order valence-electron chi connectivity index (χ0n) is 16.3. The third-order valence-corrected chi connectivity index (χ3v) is 6.29. The maximum atomic E-state index is 12.6. The molecule has 0 radical (unpaired) electrons. The van der Waals surface area contributed by atoms with Gasteiger partial charge in [-0.25, -0.2) is 9.59 Å². The van der Waals surface area contributed by atoms with Crippen molar-refractivity contribution in [2.24, 2.45) is 0 Å². The quantitative estimate of drug-likeness (QED) is 0.569. The van der Waals surface area contributed by atoms with Crippen molar-refractivity contribution < 1.29 is 24.5 Å². The lowest BCUT2D eigenvalue weighted by atomic mass is 9.89. The molecule has 2 saturated heterocycles. The average Bonchev–Trinajstić information content (AvgIpc) is 2.94. The number of benzene rings is 2. The Morgan fingerprint density at radius 2 is 2.03 bits per heavy atom. The molecule has 0 spiro atoms. The second-order valence-electron chi connectivity index (χ2n) is 7.90. The van der Waals surface area contributed by atoms with Gasteiger partial charge in [0.25, 0.3) is 0 Å². The van der Waals surface area contributed by atoms with Crippen LogP contribution in [0, 0.1) is 0 Å². The van der Waals surface area contributed by atoms with Crippen molar-refractivity contribution in [3.63, 3.8) is 0 Å². The van der Waals surface area contributed by atoms with Gasteiger partial charge in [-0.3, -0.25) is 10.2 Å². The molecule has 2 aliphatic rings. The summed E-state index contributed by atoms with van der Waals surface area (Å²) in [5.74, 6) is 0.0547. The smallest absolute Gasteiger partial charge is 0.411 e. The fraction of sp³-hybridized carbons (Fsp3) is 0.364. The number of anilines is 1. The highest BCUT2D eigenvalue weighted by Gasteiger charge is 2.52. The topological polar surface area (TPSA) is 99.1 Å². The summed E-state index contributed by atoms with van der Waals surface area (Å²) in [6.45, 7) is 0.0201. The number of ether oxygens (including phenoxy) is 1.